The maximum absolute atomic E-state index is 12.0. The Kier molecular flexibility index (Phi) is 2.29. The van der Waals surface area contributed by atoms with Crippen molar-refractivity contribution >= 4 is 5.78 Å². The minimum atomic E-state index is -4.65. The lowest BCUT2D eigenvalue weighted by Crippen LogP contribution is -2.30. The molecule has 2 saturated heterocycles. The van der Waals surface area contributed by atoms with Crippen LogP contribution >= 0.6 is 0 Å². The quantitative estimate of drug-likeness (QED) is 0.745. The van der Waals surface area contributed by atoms with Crippen molar-refractivity contribution in [3.8, 4) is 0 Å². The summed E-state index contributed by atoms with van der Waals surface area (Å²) < 4.78 is 35.9. The van der Waals surface area contributed by atoms with Crippen LogP contribution in [0.5, 0.6) is 0 Å². The van der Waals surface area contributed by atoms with Crippen LogP contribution in [0.1, 0.15) is 25.7 Å². The van der Waals surface area contributed by atoms with Gasteiger partial charge in [-0.05, 0) is 25.2 Å². The third-order valence-electron chi connectivity index (χ3n) is 3.20. The number of hydrogen-bond acceptors (Lipinski definition) is 2. The van der Waals surface area contributed by atoms with Crippen LogP contribution in [0, 0.1) is 5.92 Å². The second-order valence-electron chi connectivity index (χ2n) is 4.17. The lowest BCUT2D eigenvalue weighted by Gasteiger charge is -2.19. The Morgan fingerprint density at radius 2 is 2.07 bits per heavy atom. The van der Waals surface area contributed by atoms with E-state index in [1.54, 1.807) is 0 Å². The van der Waals surface area contributed by atoms with Crippen molar-refractivity contribution in [3.05, 3.63) is 0 Å². The van der Waals surface area contributed by atoms with E-state index in [0.29, 0.717) is 6.04 Å². The van der Waals surface area contributed by atoms with Crippen LogP contribution in [0.25, 0.3) is 0 Å². The van der Waals surface area contributed by atoms with E-state index in [0.717, 1.165) is 19.3 Å². The summed E-state index contributed by atoms with van der Waals surface area (Å²) in [7, 11) is 0. The van der Waals surface area contributed by atoms with E-state index in [9.17, 15) is 18.0 Å². The van der Waals surface area contributed by atoms with Gasteiger partial charge in [-0.3, -0.25) is 4.79 Å². The summed E-state index contributed by atoms with van der Waals surface area (Å²) in [6.45, 7) is 0. The Bertz CT molecular complexity index is 251. The van der Waals surface area contributed by atoms with E-state index in [-0.39, 0.29) is 18.4 Å². The molecule has 3 unspecified atom stereocenters. The van der Waals surface area contributed by atoms with Gasteiger partial charge in [0.2, 0.25) is 5.78 Å². The van der Waals surface area contributed by atoms with Gasteiger partial charge in [-0.15, -0.1) is 0 Å². The van der Waals surface area contributed by atoms with Crippen LogP contribution in [0.4, 0.5) is 13.2 Å². The van der Waals surface area contributed by atoms with Crippen molar-refractivity contribution in [1.82, 2.24) is 5.32 Å². The SMILES string of the molecule is O=C(CC1CC2CCC1N2)C(F)(F)F. The second kappa shape index (κ2) is 3.22. The molecular formula is C9H12F3NO. The molecule has 2 fully saturated rings. The number of Topliss-reactive ketones (excluding diaryl/α,β-unsaturated/α-hetero) is 1. The van der Waals surface area contributed by atoms with E-state index in [1.807, 2.05) is 0 Å². The molecule has 0 aromatic rings. The number of halogens is 3. The normalized spacial score (nSPS) is 36.4. The third-order valence-corrected chi connectivity index (χ3v) is 3.20. The average Bonchev–Trinajstić information content (AvgIpc) is 2.62. The van der Waals surface area contributed by atoms with Gasteiger partial charge in [-0.2, -0.15) is 13.2 Å². The molecule has 14 heavy (non-hydrogen) atoms. The molecular weight excluding hydrogens is 195 g/mol. The number of ketones is 1. The van der Waals surface area contributed by atoms with Crippen molar-refractivity contribution in [2.45, 2.75) is 43.9 Å². The first-order chi connectivity index (χ1) is 6.47. The van der Waals surface area contributed by atoms with Gasteiger partial charge < -0.3 is 5.32 Å². The van der Waals surface area contributed by atoms with Crippen molar-refractivity contribution in [2.75, 3.05) is 0 Å². The van der Waals surface area contributed by atoms with E-state index < -0.39 is 12.0 Å². The summed E-state index contributed by atoms with van der Waals surface area (Å²) in [5, 5.41) is 3.22. The van der Waals surface area contributed by atoms with E-state index in [2.05, 4.69) is 5.32 Å². The molecule has 0 radical (unpaired) electrons. The fraction of sp³-hybridized carbons (Fsp3) is 0.889. The van der Waals surface area contributed by atoms with Gasteiger partial charge in [0, 0.05) is 18.5 Å². The maximum atomic E-state index is 12.0. The molecule has 0 amide bonds. The van der Waals surface area contributed by atoms with E-state index in [1.165, 1.54) is 0 Å². The van der Waals surface area contributed by atoms with Gasteiger partial charge >= 0.3 is 6.18 Å². The number of alkyl halides is 3. The summed E-state index contributed by atoms with van der Waals surface area (Å²) in [6, 6.07) is 0.498. The van der Waals surface area contributed by atoms with E-state index >= 15 is 0 Å². The zero-order chi connectivity index (χ0) is 10.3. The lowest BCUT2D eigenvalue weighted by atomic mass is 9.85. The minimum absolute atomic E-state index is 0.0946. The monoisotopic (exact) mass is 207 g/mol. The summed E-state index contributed by atoms with van der Waals surface area (Å²) in [4.78, 5) is 10.7. The molecule has 0 aromatic carbocycles. The Hall–Kier alpha value is -0.580. The van der Waals surface area contributed by atoms with Crippen LogP contribution < -0.4 is 5.32 Å². The van der Waals surface area contributed by atoms with Crippen LogP contribution in [0.15, 0.2) is 0 Å². The smallest absolute Gasteiger partial charge is 0.311 e. The van der Waals surface area contributed by atoms with Gasteiger partial charge in [0.05, 0.1) is 0 Å². The highest BCUT2D eigenvalue weighted by Crippen LogP contribution is 2.36. The van der Waals surface area contributed by atoms with Crippen molar-refractivity contribution in [2.24, 2.45) is 5.92 Å². The number of carbonyl (C=O) groups excluding carboxylic acids is 1. The van der Waals surface area contributed by atoms with Gasteiger partial charge in [-0.1, -0.05) is 0 Å². The zero-order valence-electron chi connectivity index (χ0n) is 7.60. The van der Waals surface area contributed by atoms with Crippen molar-refractivity contribution < 1.29 is 18.0 Å². The second-order valence-corrected chi connectivity index (χ2v) is 4.17. The largest absolute Gasteiger partial charge is 0.449 e. The molecule has 0 aromatic heterocycles. The van der Waals surface area contributed by atoms with E-state index in [4.69, 9.17) is 0 Å². The third kappa shape index (κ3) is 1.78. The molecule has 5 heteroatoms. The molecule has 0 saturated carbocycles. The standard InChI is InChI=1S/C9H12F3NO/c10-9(11,12)8(14)4-5-3-6-1-2-7(5)13-6/h5-7,13H,1-4H2. The predicted molar refractivity (Wildman–Crippen MR) is 43.7 cm³/mol. The molecule has 0 spiro atoms. The van der Waals surface area contributed by atoms with Gasteiger partial charge in [-0.25, -0.2) is 0 Å². The molecule has 1 N–H and O–H groups in total. The molecule has 2 bridgehead atoms. The molecule has 0 aliphatic carbocycles. The first-order valence-electron chi connectivity index (χ1n) is 4.83. The predicted octanol–water partition coefficient (Wildman–Crippen LogP) is 1.65. The molecule has 2 aliphatic rings. The Morgan fingerprint density at radius 3 is 2.50 bits per heavy atom. The van der Waals surface area contributed by atoms with Gasteiger partial charge in [0.15, 0.2) is 0 Å². The molecule has 3 atom stereocenters. The first-order valence-corrected chi connectivity index (χ1v) is 4.83. The summed E-state index contributed by atoms with van der Waals surface area (Å²) >= 11 is 0. The Labute approximate surface area is 79.9 Å². The number of carbonyl (C=O) groups is 1. The first kappa shape index (κ1) is 9.96. The summed E-state index contributed by atoms with van der Waals surface area (Å²) in [5.41, 5.74) is 0. The number of fused-ring (bicyclic) bond motifs is 2. The highest BCUT2D eigenvalue weighted by Gasteiger charge is 2.45. The molecule has 2 aliphatic heterocycles. The average molecular weight is 207 g/mol. The maximum Gasteiger partial charge on any atom is 0.449 e. The molecule has 80 valence electrons. The summed E-state index contributed by atoms with van der Waals surface area (Å²) in [6.07, 6.45) is -2.30. The highest BCUT2D eigenvalue weighted by atomic mass is 19.4. The van der Waals surface area contributed by atoms with Gasteiger partial charge in [0.1, 0.15) is 0 Å². The Morgan fingerprint density at radius 1 is 1.36 bits per heavy atom. The van der Waals surface area contributed by atoms with Gasteiger partial charge in [0.25, 0.3) is 0 Å². The molecule has 2 heterocycles. The number of hydrogen-bond donors (Lipinski definition) is 1. The molecule has 2 rings (SSSR count). The fourth-order valence-electron chi connectivity index (χ4n) is 2.52. The van der Waals surface area contributed by atoms with Crippen molar-refractivity contribution in [3.63, 3.8) is 0 Å². The number of rotatable bonds is 2. The summed E-state index contributed by atoms with van der Waals surface area (Å²) in [5.74, 6) is -1.67. The van der Waals surface area contributed by atoms with Crippen LogP contribution in [-0.2, 0) is 4.79 Å². The fourth-order valence-corrected chi connectivity index (χ4v) is 2.52. The zero-order valence-corrected chi connectivity index (χ0v) is 7.60. The van der Waals surface area contributed by atoms with Crippen LogP contribution in [0.3, 0.4) is 0 Å². The Balaban J connectivity index is 1.90. The van der Waals surface area contributed by atoms with Crippen LogP contribution in [0.2, 0.25) is 0 Å². The van der Waals surface area contributed by atoms with Crippen LogP contribution in [-0.4, -0.2) is 24.0 Å². The molecule has 2 nitrogen and oxygen atoms in total. The topological polar surface area (TPSA) is 29.1 Å². The van der Waals surface area contributed by atoms with Crippen molar-refractivity contribution in [1.29, 1.82) is 0 Å². The highest BCUT2D eigenvalue weighted by molar-refractivity contribution is 5.84. The lowest BCUT2D eigenvalue weighted by molar-refractivity contribution is -0.172. The minimum Gasteiger partial charge on any atom is -0.311 e. The number of nitrogens with one attached hydrogen (secondary N) is 1.